The van der Waals surface area contributed by atoms with E-state index in [9.17, 15) is 4.79 Å². The fraction of sp³-hybridized carbons (Fsp3) is 0.562. The molecule has 0 spiro atoms. The Balaban J connectivity index is 1.98. The highest BCUT2D eigenvalue weighted by Gasteiger charge is 2.29. The second kappa shape index (κ2) is 6.67. The van der Waals surface area contributed by atoms with Gasteiger partial charge in [0.15, 0.2) is 0 Å². The monoisotopic (exact) mass is 309 g/mol. The average molecular weight is 310 g/mol. The number of benzene rings is 1. The van der Waals surface area contributed by atoms with Crippen LogP contribution in [0.4, 0.5) is 11.4 Å². The van der Waals surface area contributed by atoms with Gasteiger partial charge < -0.3 is 16.0 Å². The first-order chi connectivity index (χ1) is 9.89. The number of halogens is 1. The van der Waals surface area contributed by atoms with Gasteiger partial charge in [-0.1, -0.05) is 30.9 Å². The van der Waals surface area contributed by atoms with Crippen LogP contribution in [-0.4, -0.2) is 25.5 Å². The summed E-state index contributed by atoms with van der Waals surface area (Å²) in [6.07, 6.45) is 5.70. The lowest BCUT2D eigenvalue weighted by Crippen LogP contribution is -2.44. The smallest absolute Gasteiger partial charge is 0.226 e. The summed E-state index contributed by atoms with van der Waals surface area (Å²) in [6, 6.07) is 5.54. The summed E-state index contributed by atoms with van der Waals surface area (Å²) in [7, 11) is 3.86. The molecular weight excluding hydrogens is 286 g/mol. The molecule has 0 saturated heterocycles. The van der Waals surface area contributed by atoms with Gasteiger partial charge in [0.05, 0.1) is 10.7 Å². The number of nitrogens with two attached hydrogens (primary N) is 1. The number of nitrogens with zero attached hydrogens (tertiary/aromatic N) is 1. The van der Waals surface area contributed by atoms with Crippen LogP contribution in [0.5, 0.6) is 0 Å². The molecule has 1 saturated carbocycles. The van der Waals surface area contributed by atoms with E-state index in [-0.39, 0.29) is 11.4 Å². The standard InChI is InChI=1S/C16H24ClN3O/c1-20(2)14-7-6-12(10-13(14)17)19-15(21)11-16(18)8-4-3-5-9-16/h6-7,10H,3-5,8-9,11,18H2,1-2H3,(H,19,21). The van der Waals surface area contributed by atoms with E-state index in [1.54, 1.807) is 6.07 Å². The number of carbonyl (C=O) groups is 1. The molecule has 1 aliphatic rings. The summed E-state index contributed by atoms with van der Waals surface area (Å²) < 4.78 is 0. The van der Waals surface area contributed by atoms with Crippen LogP contribution in [0.25, 0.3) is 0 Å². The number of nitrogens with one attached hydrogen (secondary N) is 1. The van der Waals surface area contributed by atoms with Crippen molar-refractivity contribution in [2.75, 3.05) is 24.3 Å². The maximum absolute atomic E-state index is 12.2. The molecule has 5 heteroatoms. The Kier molecular flexibility index (Phi) is 5.12. The van der Waals surface area contributed by atoms with Crippen molar-refractivity contribution in [3.05, 3.63) is 23.2 Å². The highest BCUT2D eigenvalue weighted by atomic mass is 35.5. The molecule has 4 nitrogen and oxygen atoms in total. The van der Waals surface area contributed by atoms with Crippen molar-refractivity contribution in [3.63, 3.8) is 0 Å². The first kappa shape index (κ1) is 16.1. The molecule has 0 aliphatic heterocycles. The summed E-state index contributed by atoms with van der Waals surface area (Å²) in [4.78, 5) is 14.1. The molecular formula is C16H24ClN3O. The van der Waals surface area contributed by atoms with E-state index in [2.05, 4.69) is 5.32 Å². The van der Waals surface area contributed by atoms with Crippen LogP contribution < -0.4 is 16.0 Å². The second-order valence-corrected chi connectivity index (χ2v) is 6.62. The van der Waals surface area contributed by atoms with E-state index in [0.29, 0.717) is 11.4 Å². The first-order valence-corrected chi connectivity index (χ1v) is 7.83. The molecule has 0 atom stereocenters. The van der Waals surface area contributed by atoms with Gasteiger partial charge >= 0.3 is 0 Å². The molecule has 1 amide bonds. The predicted molar refractivity (Wildman–Crippen MR) is 89.0 cm³/mol. The van der Waals surface area contributed by atoms with Crippen LogP contribution in [0.1, 0.15) is 38.5 Å². The van der Waals surface area contributed by atoms with Crippen LogP contribution in [0.15, 0.2) is 18.2 Å². The SMILES string of the molecule is CN(C)c1ccc(NC(=O)CC2(N)CCCCC2)cc1Cl. The third kappa shape index (κ3) is 4.35. The third-order valence-corrected chi connectivity index (χ3v) is 4.38. The van der Waals surface area contributed by atoms with Gasteiger partial charge in [-0.05, 0) is 31.0 Å². The average Bonchev–Trinajstić information content (AvgIpc) is 2.38. The summed E-state index contributed by atoms with van der Waals surface area (Å²) >= 11 is 6.21. The molecule has 116 valence electrons. The molecule has 0 heterocycles. The highest BCUT2D eigenvalue weighted by molar-refractivity contribution is 6.33. The molecule has 21 heavy (non-hydrogen) atoms. The summed E-state index contributed by atoms with van der Waals surface area (Å²) in [5, 5.41) is 3.52. The molecule has 0 bridgehead atoms. The van der Waals surface area contributed by atoms with Crippen molar-refractivity contribution in [2.45, 2.75) is 44.1 Å². The van der Waals surface area contributed by atoms with Crippen molar-refractivity contribution in [2.24, 2.45) is 5.73 Å². The fourth-order valence-corrected chi connectivity index (χ4v) is 3.25. The van der Waals surface area contributed by atoms with Crippen molar-refractivity contribution in [1.29, 1.82) is 0 Å². The number of hydrogen-bond acceptors (Lipinski definition) is 3. The Morgan fingerprint density at radius 2 is 2.00 bits per heavy atom. The number of rotatable bonds is 4. The molecule has 2 rings (SSSR count). The Labute approximate surface area is 131 Å². The molecule has 1 aliphatic carbocycles. The molecule has 0 unspecified atom stereocenters. The number of amides is 1. The maximum Gasteiger partial charge on any atom is 0.226 e. The fourth-order valence-electron chi connectivity index (χ4n) is 2.90. The van der Waals surface area contributed by atoms with Crippen LogP contribution in [0.3, 0.4) is 0 Å². The van der Waals surface area contributed by atoms with Crippen molar-refractivity contribution in [1.82, 2.24) is 0 Å². The minimum atomic E-state index is -0.338. The lowest BCUT2D eigenvalue weighted by Gasteiger charge is -2.32. The Bertz CT molecular complexity index is 510. The van der Waals surface area contributed by atoms with Gasteiger partial charge in [0.1, 0.15) is 0 Å². The molecule has 1 fully saturated rings. The van der Waals surface area contributed by atoms with Crippen molar-refractivity contribution < 1.29 is 4.79 Å². The minimum absolute atomic E-state index is 0.0342. The Hall–Kier alpha value is -1.26. The lowest BCUT2D eigenvalue weighted by atomic mass is 9.80. The molecule has 1 aromatic carbocycles. The first-order valence-electron chi connectivity index (χ1n) is 7.45. The normalized spacial score (nSPS) is 17.3. The quantitative estimate of drug-likeness (QED) is 0.896. The summed E-state index contributed by atoms with van der Waals surface area (Å²) in [6.45, 7) is 0. The topological polar surface area (TPSA) is 58.4 Å². The van der Waals surface area contributed by atoms with E-state index in [0.717, 1.165) is 37.1 Å². The van der Waals surface area contributed by atoms with Crippen molar-refractivity contribution >= 4 is 28.9 Å². The summed E-state index contributed by atoms with van der Waals surface area (Å²) in [5.41, 5.74) is 7.62. The Morgan fingerprint density at radius 1 is 1.33 bits per heavy atom. The zero-order valence-corrected chi connectivity index (χ0v) is 13.5. The van der Waals surface area contributed by atoms with Gasteiger partial charge in [-0.3, -0.25) is 4.79 Å². The van der Waals surface area contributed by atoms with Gasteiger partial charge in [-0.15, -0.1) is 0 Å². The van der Waals surface area contributed by atoms with Gasteiger partial charge in [0.25, 0.3) is 0 Å². The minimum Gasteiger partial charge on any atom is -0.376 e. The van der Waals surface area contributed by atoms with Crippen LogP contribution >= 0.6 is 11.6 Å². The lowest BCUT2D eigenvalue weighted by molar-refractivity contribution is -0.117. The Morgan fingerprint density at radius 3 is 2.57 bits per heavy atom. The number of anilines is 2. The van der Waals surface area contributed by atoms with Crippen LogP contribution in [0, 0.1) is 0 Å². The number of carbonyl (C=O) groups excluding carboxylic acids is 1. The molecule has 0 radical (unpaired) electrons. The van der Waals surface area contributed by atoms with Gasteiger partial charge in [0, 0.05) is 31.7 Å². The molecule has 1 aromatic rings. The van der Waals surface area contributed by atoms with Crippen LogP contribution in [0.2, 0.25) is 5.02 Å². The highest BCUT2D eigenvalue weighted by Crippen LogP contribution is 2.30. The second-order valence-electron chi connectivity index (χ2n) is 6.21. The van der Waals surface area contributed by atoms with E-state index < -0.39 is 0 Å². The maximum atomic E-state index is 12.2. The number of hydrogen-bond donors (Lipinski definition) is 2. The van der Waals surface area contributed by atoms with Crippen molar-refractivity contribution in [3.8, 4) is 0 Å². The molecule has 0 aromatic heterocycles. The zero-order valence-electron chi connectivity index (χ0n) is 12.8. The predicted octanol–water partition coefficient (Wildman–Crippen LogP) is 3.40. The van der Waals surface area contributed by atoms with E-state index >= 15 is 0 Å². The zero-order chi connectivity index (χ0) is 15.5. The van der Waals surface area contributed by atoms with E-state index in [1.165, 1.54) is 6.42 Å². The largest absolute Gasteiger partial charge is 0.376 e. The van der Waals surface area contributed by atoms with E-state index in [4.69, 9.17) is 17.3 Å². The third-order valence-electron chi connectivity index (χ3n) is 4.08. The van der Waals surface area contributed by atoms with E-state index in [1.807, 2.05) is 31.1 Å². The van der Waals surface area contributed by atoms with Gasteiger partial charge in [-0.2, -0.15) is 0 Å². The van der Waals surface area contributed by atoms with Crippen LogP contribution in [-0.2, 0) is 4.79 Å². The summed E-state index contributed by atoms with van der Waals surface area (Å²) in [5.74, 6) is -0.0342. The van der Waals surface area contributed by atoms with Gasteiger partial charge in [0.2, 0.25) is 5.91 Å². The van der Waals surface area contributed by atoms with Gasteiger partial charge in [-0.25, -0.2) is 0 Å². The molecule has 3 N–H and O–H groups in total.